The van der Waals surface area contributed by atoms with Gasteiger partial charge in [0.2, 0.25) is 0 Å². The molecule has 1 aliphatic carbocycles. The maximum Gasteiger partial charge on any atom is 0.168 e. The summed E-state index contributed by atoms with van der Waals surface area (Å²) in [6, 6.07) is 9.43. The molecule has 0 saturated heterocycles. The van der Waals surface area contributed by atoms with Gasteiger partial charge < -0.3 is 10.1 Å². The van der Waals surface area contributed by atoms with E-state index in [1.807, 2.05) is 37.3 Å². The van der Waals surface area contributed by atoms with Crippen molar-refractivity contribution in [1.29, 1.82) is 0 Å². The second-order valence-electron chi connectivity index (χ2n) is 4.86. The van der Waals surface area contributed by atoms with Crippen LogP contribution in [0.5, 0.6) is 5.75 Å². The van der Waals surface area contributed by atoms with Crippen molar-refractivity contribution in [2.75, 3.05) is 13.2 Å². The highest BCUT2D eigenvalue weighted by molar-refractivity contribution is 6.21. The molecule has 1 aliphatic rings. The number of allylic oxidation sites excluding steroid dienone is 1. The lowest BCUT2D eigenvalue weighted by Crippen LogP contribution is -2.30. The highest BCUT2D eigenvalue weighted by Gasteiger charge is 2.30. The Bertz CT molecular complexity index is 488. The summed E-state index contributed by atoms with van der Waals surface area (Å²) in [4.78, 5) is 23.9. The third kappa shape index (κ3) is 3.70. The highest BCUT2D eigenvalue weighted by atomic mass is 16.5. The molecule has 0 atom stereocenters. The van der Waals surface area contributed by atoms with Gasteiger partial charge in [-0.25, -0.2) is 0 Å². The van der Waals surface area contributed by atoms with Gasteiger partial charge in [-0.05, 0) is 19.1 Å². The Balaban J connectivity index is 1.91. The van der Waals surface area contributed by atoms with E-state index in [1.54, 1.807) is 6.20 Å². The SMILES string of the molecule is CCNC=C1C(=O)CC(COc2ccccc2)CC1=O. The van der Waals surface area contributed by atoms with Crippen LogP contribution in [0, 0.1) is 5.92 Å². The lowest BCUT2D eigenvalue weighted by molar-refractivity contribution is -0.125. The van der Waals surface area contributed by atoms with E-state index in [0.29, 0.717) is 31.6 Å². The van der Waals surface area contributed by atoms with Gasteiger partial charge in [-0.2, -0.15) is 0 Å². The summed E-state index contributed by atoms with van der Waals surface area (Å²) < 4.78 is 5.62. The molecule has 0 aliphatic heterocycles. The summed E-state index contributed by atoms with van der Waals surface area (Å²) >= 11 is 0. The maximum atomic E-state index is 11.9. The van der Waals surface area contributed by atoms with E-state index >= 15 is 0 Å². The Morgan fingerprint density at radius 1 is 1.20 bits per heavy atom. The highest BCUT2D eigenvalue weighted by Crippen LogP contribution is 2.23. The van der Waals surface area contributed by atoms with Crippen LogP contribution in [-0.4, -0.2) is 24.7 Å². The van der Waals surface area contributed by atoms with Crippen LogP contribution in [-0.2, 0) is 9.59 Å². The van der Waals surface area contributed by atoms with Crippen LogP contribution in [0.25, 0.3) is 0 Å². The van der Waals surface area contributed by atoms with E-state index in [1.165, 1.54) is 0 Å². The van der Waals surface area contributed by atoms with Gasteiger partial charge >= 0.3 is 0 Å². The summed E-state index contributed by atoms with van der Waals surface area (Å²) in [5.41, 5.74) is 0.294. The Hall–Kier alpha value is -2.10. The van der Waals surface area contributed by atoms with Gasteiger partial charge in [0.15, 0.2) is 11.6 Å². The molecule has 4 nitrogen and oxygen atoms in total. The fraction of sp³-hybridized carbons (Fsp3) is 0.375. The van der Waals surface area contributed by atoms with Crippen molar-refractivity contribution in [2.45, 2.75) is 19.8 Å². The minimum absolute atomic E-state index is 0.0333. The maximum absolute atomic E-state index is 11.9. The summed E-state index contributed by atoms with van der Waals surface area (Å²) in [5.74, 6) is 0.545. The number of para-hydroxylation sites is 1. The number of hydrogen-bond donors (Lipinski definition) is 1. The van der Waals surface area contributed by atoms with Gasteiger partial charge in [-0.1, -0.05) is 18.2 Å². The molecule has 1 fully saturated rings. The number of hydrogen-bond acceptors (Lipinski definition) is 4. The number of nitrogens with one attached hydrogen (secondary N) is 1. The molecule has 0 heterocycles. The third-order valence-corrected chi connectivity index (χ3v) is 3.23. The predicted molar refractivity (Wildman–Crippen MR) is 76.4 cm³/mol. The zero-order chi connectivity index (χ0) is 14.4. The lowest BCUT2D eigenvalue weighted by atomic mass is 9.84. The monoisotopic (exact) mass is 273 g/mol. The molecule has 1 aromatic carbocycles. The van der Waals surface area contributed by atoms with Crippen molar-refractivity contribution < 1.29 is 14.3 Å². The van der Waals surface area contributed by atoms with Gasteiger partial charge in [0.1, 0.15) is 5.75 Å². The first kappa shape index (κ1) is 14.3. The Labute approximate surface area is 118 Å². The predicted octanol–water partition coefficient (Wildman–Crippen LogP) is 2.11. The van der Waals surface area contributed by atoms with Crippen molar-refractivity contribution in [3.05, 3.63) is 42.1 Å². The van der Waals surface area contributed by atoms with Gasteiger partial charge in [0, 0.05) is 31.5 Å². The second kappa shape index (κ2) is 6.89. The average Bonchev–Trinajstić information content (AvgIpc) is 2.45. The zero-order valence-electron chi connectivity index (χ0n) is 11.6. The molecule has 0 amide bonds. The van der Waals surface area contributed by atoms with Crippen LogP contribution in [0.2, 0.25) is 0 Å². The molecule has 0 aromatic heterocycles. The number of carbonyl (C=O) groups excluding carboxylic acids is 2. The van der Waals surface area contributed by atoms with Crippen LogP contribution in [0.3, 0.4) is 0 Å². The Kier molecular flexibility index (Phi) is 4.93. The van der Waals surface area contributed by atoms with E-state index in [2.05, 4.69) is 5.32 Å². The molecule has 106 valence electrons. The topological polar surface area (TPSA) is 55.4 Å². The second-order valence-corrected chi connectivity index (χ2v) is 4.86. The molecule has 1 saturated carbocycles. The van der Waals surface area contributed by atoms with Crippen molar-refractivity contribution in [2.24, 2.45) is 5.92 Å². The van der Waals surface area contributed by atoms with Crippen molar-refractivity contribution in [3.63, 3.8) is 0 Å². The summed E-state index contributed by atoms with van der Waals surface area (Å²) in [5, 5.41) is 2.92. The van der Waals surface area contributed by atoms with Crippen molar-refractivity contribution >= 4 is 11.6 Å². The number of carbonyl (C=O) groups is 2. The van der Waals surface area contributed by atoms with Crippen LogP contribution >= 0.6 is 0 Å². The van der Waals surface area contributed by atoms with Gasteiger partial charge in [0.05, 0.1) is 12.2 Å². The van der Waals surface area contributed by atoms with Crippen molar-refractivity contribution in [1.82, 2.24) is 5.32 Å². The van der Waals surface area contributed by atoms with Crippen LogP contribution in [0.15, 0.2) is 42.1 Å². The van der Waals surface area contributed by atoms with E-state index < -0.39 is 0 Å². The molecule has 0 bridgehead atoms. The zero-order valence-corrected chi connectivity index (χ0v) is 11.6. The molecular weight excluding hydrogens is 254 g/mol. The first-order valence-corrected chi connectivity index (χ1v) is 6.88. The van der Waals surface area contributed by atoms with Crippen LogP contribution in [0.1, 0.15) is 19.8 Å². The quantitative estimate of drug-likeness (QED) is 0.659. The number of benzene rings is 1. The van der Waals surface area contributed by atoms with E-state index in [-0.39, 0.29) is 17.5 Å². The first-order valence-electron chi connectivity index (χ1n) is 6.88. The molecule has 20 heavy (non-hydrogen) atoms. The summed E-state index contributed by atoms with van der Waals surface area (Å²) in [6.07, 6.45) is 2.28. The summed E-state index contributed by atoms with van der Waals surface area (Å²) in [6.45, 7) is 3.02. The van der Waals surface area contributed by atoms with E-state index in [0.717, 1.165) is 5.75 Å². The van der Waals surface area contributed by atoms with E-state index in [4.69, 9.17) is 4.74 Å². The van der Waals surface area contributed by atoms with Crippen LogP contribution in [0.4, 0.5) is 0 Å². The molecule has 0 radical (unpaired) electrons. The molecule has 1 N–H and O–H groups in total. The average molecular weight is 273 g/mol. The largest absolute Gasteiger partial charge is 0.493 e. The van der Waals surface area contributed by atoms with Gasteiger partial charge in [-0.15, -0.1) is 0 Å². The van der Waals surface area contributed by atoms with Gasteiger partial charge in [-0.3, -0.25) is 9.59 Å². The van der Waals surface area contributed by atoms with Gasteiger partial charge in [0.25, 0.3) is 0 Å². The standard InChI is InChI=1S/C16H19NO3/c1-2-17-10-14-15(18)8-12(9-16(14)19)11-20-13-6-4-3-5-7-13/h3-7,10,12,17H,2,8-9,11H2,1H3. The third-order valence-electron chi connectivity index (χ3n) is 3.23. The lowest BCUT2D eigenvalue weighted by Gasteiger charge is -2.22. The molecule has 0 spiro atoms. The Morgan fingerprint density at radius 2 is 1.85 bits per heavy atom. The fourth-order valence-electron chi connectivity index (χ4n) is 2.19. The number of ether oxygens (including phenoxy) is 1. The molecule has 0 unspecified atom stereocenters. The summed E-state index contributed by atoms with van der Waals surface area (Å²) in [7, 11) is 0. The Morgan fingerprint density at radius 3 is 2.45 bits per heavy atom. The number of Topliss-reactive ketones (excluding diaryl/α,β-unsaturated/α-hetero) is 2. The van der Waals surface area contributed by atoms with Crippen LogP contribution < -0.4 is 10.1 Å². The smallest absolute Gasteiger partial charge is 0.168 e. The fourth-order valence-corrected chi connectivity index (χ4v) is 2.19. The van der Waals surface area contributed by atoms with E-state index in [9.17, 15) is 9.59 Å². The number of ketones is 2. The molecule has 1 aromatic rings. The molecular formula is C16H19NO3. The molecule has 4 heteroatoms. The number of rotatable bonds is 5. The minimum Gasteiger partial charge on any atom is -0.493 e. The van der Waals surface area contributed by atoms with Crippen molar-refractivity contribution in [3.8, 4) is 5.75 Å². The first-order chi connectivity index (χ1) is 9.70. The molecule has 2 rings (SSSR count). The normalized spacial score (nSPS) is 18.9. The minimum atomic E-state index is -0.0936.